The Morgan fingerprint density at radius 3 is 2.40 bits per heavy atom. The van der Waals surface area contributed by atoms with Gasteiger partial charge in [-0.15, -0.1) is 0 Å². The summed E-state index contributed by atoms with van der Waals surface area (Å²) in [5.74, 6) is -2.77. The first-order valence-corrected chi connectivity index (χ1v) is 10.2. The van der Waals surface area contributed by atoms with Crippen LogP contribution in [0.4, 0.5) is 5.69 Å². The number of carbonyl (C=O) groups is 5. The van der Waals surface area contributed by atoms with Crippen LogP contribution in [0.5, 0.6) is 0 Å². The van der Waals surface area contributed by atoms with Gasteiger partial charge in [-0.25, -0.2) is 0 Å². The molecule has 1 aromatic carbocycles. The lowest BCUT2D eigenvalue weighted by Gasteiger charge is -2.29. The average Bonchev–Trinajstić information content (AvgIpc) is 3.05. The highest BCUT2D eigenvalue weighted by Gasteiger charge is 2.40. The van der Waals surface area contributed by atoms with Crippen LogP contribution in [0, 0.1) is 11.8 Å². The third-order valence-corrected chi connectivity index (χ3v) is 6.29. The number of fused-ring (bicyclic) bond motifs is 1. The summed E-state index contributed by atoms with van der Waals surface area (Å²) in [5, 5.41) is 14.3. The van der Waals surface area contributed by atoms with Crippen molar-refractivity contribution in [3.63, 3.8) is 0 Å². The van der Waals surface area contributed by atoms with Crippen LogP contribution in [-0.2, 0) is 25.7 Å². The van der Waals surface area contributed by atoms with E-state index >= 15 is 0 Å². The molecule has 0 bridgehead atoms. The molecule has 4 amide bonds. The van der Waals surface area contributed by atoms with Crippen molar-refractivity contribution in [2.45, 2.75) is 51.1 Å². The predicted molar refractivity (Wildman–Crippen MR) is 104 cm³/mol. The number of piperidine rings is 1. The number of nitrogens with zero attached hydrogens (tertiary/aromatic N) is 1. The highest BCUT2D eigenvalue weighted by Crippen LogP contribution is 2.34. The van der Waals surface area contributed by atoms with Gasteiger partial charge in [-0.3, -0.25) is 29.3 Å². The molecule has 0 spiro atoms. The SMILES string of the molecule is O=C1CCC(N2Cc3c(NC(=O)C4CCC(C(=O)O)CC4)cccc3C2=O)C(=O)N1. The number of aliphatic carboxylic acids is 1. The van der Waals surface area contributed by atoms with E-state index in [1.54, 1.807) is 18.2 Å². The maximum atomic E-state index is 12.9. The first-order chi connectivity index (χ1) is 14.3. The van der Waals surface area contributed by atoms with Gasteiger partial charge in [0.2, 0.25) is 17.7 Å². The quantitative estimate of drug-likeness (QED) is 0.637. The van der Waals surface area contributed by atoms with Gasteiger partial charge in [-0.1, -0.05) is 6.07 Å². The number of benzene rings is 1. The van der Waals surface area contributed by atoms with Crippen LogP contribution < -0.4 is 10.6 Å². The number of hydrogen-bond donors (Lipinski definition) is 3. The number of imide groups is 1. The molecule has 2 heterocycles. The van der Waals surface area contributed by atoms with Crippen LogP contribution in [0.2, 0.25) is 0 Å². The second-order valence-corrected chi connectivity index (χ2v) is 8.11. The Hall–Kier alpha value is -3.23. The molecule has 9 heteroatoms. The van der Waals surface area contributed by atoms with Crippen LogP contribution in [0.25, 0.3) is 0 Å². The van der Waals surface area contributed by atoms with Gasteiger partial charge in [0.1, 0.15) is 6.04 Å². The van der Waals surface area contributed by atoms with Gasteiger partial charge in [-0.2, -0.15) is 0 Å². The van der Waals surface area contributed by atoms with Gasteiger partial charge in [-0.05, 0) is 44.2 Å². The summed E-state index contributed by atoms with van der Waals surface area (Å²) < 4.78 is 0. The lowest BCUT2D eigenvalue weighted by atomic mass is 9.81. The molecule has 0 aromatic heterocycles. The van der Waals surface area contributed by atoms with Crippen LogP contribution in [0.3, 0.4) is 0 Å². The summed E-state index contributed by atoms with van der Waals surface area (Å²) >= 11 is 0. The minimum Gasteiger partial charge on any atom is -0.481 e. The van der Waals surface area contributed by atoms with Crippen molar-refractivity contribution in [3.8, 4) is 0 Å². The third kappa shape index (κ3) is 3.67. The summed E-state index contributed by atoms with van der Waals surface area (Å²) in [6.07, 6.45) is 2.43. The van der Waals surface area contributed by atoms with Crippen molar-refractivity contribution >= 4 is 35.3 Å². The number of carbonyl (C=O) groups excluding carboxylic acids is 4. The number of anilines is 1. The van der Waals surface area contributed by atoms with Crippen molar-refractivity contribution in [1.82, 2.24) is 10.2 Å². The molecule has 1 unspecified atom stereocenters. The average molecular weight is 413 g/mol. The zero-order chi connectivity index (χ0) is 21.4. The van der Waals surface area contributed by atoms with Gasteiger partial charge in [0.25, 0.3) is 5.91 Å². The summed E-state index contributed by atoms with van der Waals surface area (Å²) in [4.78, 5) is 61.7. The number of nitrogens with one attached hydrogen (secondary N) is 2. The van der Waals surface area contributed by atoms with Crippen molar-refractivity contribution in [2.75, 3.05) is 5.32 Å². The molecule has 1 aliphatic carbocycles. The molecule has 1 atom stereocenters. The highest BCUT2D eigenvalue weighted by atomic mass is 16.4. The summed E-state index contributed by atoms with van der Waals surface area (Å²) in [6.45, 7) is 0.183. The summed E-state index contributed by atoms with van der Waals surface area (Å²) in [7, 11) is 0. The molecule has 0 radical (unpaired) electrons. The first-order valence-electron chi connectivity index (χ1n) is 10.2. The fraction of sp³-hybridized carbons (Fsp3) is 0.476. The molecule has 1 saturated heterocycles. The molecular formula is C21H23N3O6. The fourth-order valence-electron chi connectivity index (χ4n) is 4.54. The van der Waals surface area contributed by atoms with E-state index in [1.165, 1.54) is 4.90 Å². The normalized spacial score (nSPS) is 26.2. The maximum absolute atomic E-state index is 12.9. The van der Waals surface area contributed by atoms with E-state index in [0.717, 1.165) is 0 Å². The van der Waals surface area contributed by atoms with Gasteiger partial charge in [0.05, 0.1) is 5.92 Å². The van der Waals surface area contributed by atoms with Crippen LogP contribution >= 0.6 is 0 Å². The molecule has 158 valence electrons. The Labute approximate surface area is 172 Å². The van der Waals surface area contributed by atoms with Gasteiger partial charge in [0.15, 0.2) is 0 Å². The Kier molecular flexibility index (Phi) is 5.27. The smallest absolute Gasteiger partial charge is 0.306 e. The Balaban J connectivity index is 1.46. The number of carboxylic acids is 1. The number of hydrogen-bond acceptors (Lipinski definition) is 5. The largest absolute Gasteiger partial charge is 0.481 e. The van der Waals surface area contributed by atoms with E-state index in [9.17, 15) is 24.0 Å². The molecule has 2 fully saturated rings. The van der Waals surface area contributed by atoms with Crippen molar-refractivity contribution in [3.05, 3.63) is 29.3 Å². The van der Waals surface area contributed by atoms with Gasteiger partial charge >= 0.3 is 5.97 Å². The number of carboxylic acid groups (broad SMARTS) is 1. The van der Waals surface area contributed by atoms with E-state index in [-0.39, 0.29) is 43.0 Å². The summed E-state index contributed by atoms with van der Waals surface area (Å²) in [6, 6.07) is 4.36. The molecule has 3 N–H and O–H groups in total. The molecule has 2 aliphatic heterocycles. The molecule has 9 nitrogen and oxygen atoms in total. The van der Waals surface area contributed by atoms with E-state index < -0.39 is 23.8 Å². The molecule has 1 saturated carbocycles. The van der Waals surface area contributed by atoms with E-state index in [0.29, 0.717) is 42.5 Å². The lowest BCUT2D eigenvalue weighted by Crippen LogP contribution is -2.52. The van der Waals surface area contributed by atoms with E-state index in [1.807, 2.05) is 0 Å². The maximum Gasteiger partial charge on any atom is 0.306 e. The molecule has 1 aromatic rings. The van der Waals surface area contributed by atoms with Crippen molar-refractivity contribution in [2.24, 2.45) is 11.8 Å². The minimum absolute atomic E-state index is 0.180. The predicted octanol–water partition coefficient (Wildman–Crippen LogP) is 1.28. The zero-order valence-electron chi connectivity index (χ0n) is 16.3. The molecule has 4 rings (SSSR count). The first kappa shape index (κ1) is 20.1. The van der Waals surface area contributed by atoms with Crippen LogP contribution in [-0.4, -0.2) is 45.6 Å². The standard InChI is InChI=1S/C21H23N3O6/c25-17-9-8-16(19(27)23-17)24-10-14-13(20(24)28)2-1-3-15(14)22-18(26)11-4-6-12(7-5-11)21(29)30/h1-3,11-12,16H,4-10H2,(H,22,26)(H,29,30)(H,23,25,27). The topological polar surface area (TPSA) is 133 Å². The second kappa shape index (κ2) is 7.89. The van der Waals surface area contributed by atoms with Crippen LogP contribution in [0.15, 0.2) is 18.2 Å². The molecular weight excluding hydrogens is 390 g/mol. The highest BCUT2D eigenvalue weighted by molar-refractivity contribution is 6.06. The monoisotopic (exact) mass is 413 g/mol. The van der Waals surface area contributed by atoms with Gasteiger partial charge in [0, 0.05) is 35.7 Å². The zero-order valence-corrected chi connectivity index (χ0v) is 16.3. The number of rotatable bonds is 4. The van der Waals surface area contributed by atoms with Crippen LogP contribution in [0.1, 0.15) is 54.4 Å². The van der Waals surface area contributed by atoms with E-state index in [2.05, 4.69) is 10.6 Å². The summed E-state index contributed by atoms with van der Waals surface area (Å²) in [5.41, 5.74) is 1.62. The fourth-order valence-corrected chi connectivity index (χ4v) is 4.54. The Morgan fingerprint density at radius 1 is 1.03 bits per heavy atom. The minimum atomic E-state index is -0.818. The Morgan fingerprint density at radius 2 is 1.73 bits per heavy atom. The van der Waals surface area contributed by atoms with Crippen molar-refractivity contribution in [1.29, 1.82) is 0 Å². The number of amides is 4. The Bertz CT molecular complexity index is 935. The third-order valence-electron chi connectivity index (χ3n) is 6.29. The van der Waals surface area contributed by atoms with E-state index in [4.69, 9.17) is 5.11 Å². The van der Waals surface area contributed by atoms with Gasteiger partial charge < -0.3 is 15.3 Å². The molecule has 3 aliphatic rings. The lowest BCUT2D eigenvalue weighted by molar-refractivity contribution is -0.144. The van der Waals surface area contributed by atoms with Crippen molar-refractivity contribution < 1.29 is 29.1 Å². The second-order valence-electron chi connectivity index (χ2n) is 8.11. The molecule has 30 heavy (non-hydrogen) atoms.